The molecule has 0 aliphatic heterocycles. The van der Waals surface area contributed by atoms with E-state index in [2.05, 4.69) is 15.9 Å². The van der Waals surface area contributed by atoms with E-state index >= 15 is 0 Å². The van der Waals surface area contributed by atoms with Crippen LogP contribution in [0.2, 0.25) is 0 Å². The zero-order chi connectivity index (χ0) is 8.59. The summed E-state index contributed by atoms with van der Waals surface area (Å²) in [6, 6.07) is 0.820. The van der Waals surface area contributed by atoms with Gasteiger partial charge in [-0.15, -0.1) is 0 Å². The summed E-state index contributed by atoms with van der Waals surface area (Å²) in [5.74, 6) is -0.395. The standard InChI is InChI=1S/C6H5BrO/c7-5-2-1-3-6(8)4-5/h1-4,8H/i2D,3D,4D. The first-order chi connectivity index (χ1) is 5.04. The highest BCUT2D eigenvalue weighted by Crippen LogP contribution is 2.15. The average molecular weight is 176 g/mol. The maximum absolute atomic E-state index is 9.02. The summed E-state index contributed by atoms with van der Waals surface area (Å²) in [6.45, 7) is 0. The summed E-state index contributed by atoms with van der Waals surface area (Å²) in [5.41, 5.74) is 0. The van der Waals surface area contributed by atoms with E-state index in [1.165, 1.54) is 6.07 Å². The van der Waals surface area contributed by atoms with Crippen LogP contribution in [-0.4, -0.2) is 5.11 Å². The van der Waals surface area contributed by atoms with Gasteiger partial charge in [0.1, 0.15) is 5.75 Å². The molecular weight excluding hydrogens is 168 g/mol. The highest BCUT2D eigenvalue weighted by molar-refractivity contribution is 9.10. The SMILES string of the molecule is [2H]c1cc([2H])c(Br)c([2H])c1O. The number of rotatable bonds is 0. The first-order valence-corrected chi connectivity index (χ1v) is 2.78. The van der Waals surface area contributed by atoms with Crippen molar-refractivity contribution in [2.75, 3.05) is 0 Å². The molecule has 1 N–H and O–H groups in total. The van der Waals surface area contributed by atoms with E-state index in [0.29, 0.717) is 0 Å². The largest absolute Gasteiger partial charge is 0.508 e. The fraction of sp³-hybridized carbons (Fsp3) is 0. The lowest BCUT2D eigenvalue weighted by Gasteiger charge is -1.88. The van der Waals surface area contributed by atoms with Crippen LogP contribution < -0.4 is 0 Å². The Balaban J connectivity index is 3.46. The van der Waals surface area contributed by atoms with Crippen LogP contribution in [0.5, 0.6) is 5.75 Å². The number of halogens is 1. The molecule has 0 aliphatic carbocycles. The first-order valence-electron chi connectivity index (χ1n) is 3.49. The molecule has 1 aromatic carbocycles. The van der Waals surface area contributed by atoms with Gasteiger partial charge < -0.3 is 5.11 Å². The van der Waals surface area contributed by atoms with Crippen molar-refractivity contribution in [1.82, 2.24) is 0 Å². The van der Waals surface area contributed by atoms with Crippen molar-refractivity contribution in [3.05, 3.63) is 28.7 Å². The normalized spacial score (nSPS) is 14.4. The van der Waals surface area contributed by atoms with Crippen molar-refractivity contribution in [2.24, 2.45) is 0 Å². The van der Waals surface area contributed by atoms with Crippen molar-refractivity contribution < 1.29 is 9.22 Å². The first kappa shape index (κ1) is 2.87. The molecular formula is C6H5BrO. The molecule has 0 fully saturated rings. The van der Waals surface area contributed by atoms with Gasteiger partial charge in [-0.25, -0.2) is 0 Å². The van der Waals surface area contributed by atoms with Gasteiger partial charge in [0.15, 0.2) is 0 Å². The van der Waals surface area contributed by atoms with Crippen LogP contribution in [-0.2, 0) is 0 Å². The lowest BCUT2D eigenvalue weighted by molar-refractivity contribution is 0.475. The van der Waals surface area contributed by atoms with E-state index in [9.17, 15) is 0 Å². The van der Waals surface area contributed by atoms with E-state index in [-0.39, 0.29) is 22.6 Å². The van der Waals surface area contributed by atoms with Crippen LogP contribution in [0.15, 0.2) is 28.7 Å². The van der Waals surface area contributed by atoms with Crippen molar-refractivity contribution in [3.63, 3.8) is 0 Å². The fourth-order valence-electron chi connectivity index (χ4n) is 0.344. The minimum atomic E-state index is -0.395. The van der Waals surface area contributed by atoms with Crippen LogP contribution >= 0.6 is 15.9 Å². The van der Waals surface area contributed by atoms with Gasteiger partial charge >= 0.3 is 0 Å². The Kier molecular flexibility index (Phi) is 0.783. The highest BCUT2D eigenvalue weighted by Gasteiger charge is 1.84. The van der Waals surface area contributed by atoms with Crippen molar-refractivity contribution in [1.29, 1.82) is 0 Å². The summed E-state index contributed by atoms with van der Waals surface area (Å²) >= 11 is 2.95. The van der Waals surface area contributed by atoms with Crippen LogP contribution in [0.3, 0.4) is 0 Å². The monoisotopic (exact) mass is 175 g/mol. The molecule has 0 aromatic heterocycles. The second kappa shape index (κ2) is 2.18. The van der Waals surface area contributed by atoms with Gasteiger partial charge in [-0.3, -0.25) is 0 Å². The van der Waals surface area contributed by atoms with Gasteiger partial charge in [-0.1, -0.05) is 22.0 Å². The Hall–Kier alpha value is -0.500. The number of benzene rings is 1. The van der Waals surface area contributed by atoms with Crippen LogP contribution in [0.4, 0.5) is 0 Å². The number of phenolic OH excluding ortho intramolecular Hbond substituents is 1. The second-order valence-electron chi connectivity index (χ2n) is 1.22. The van der Waals surface area contributed by atoms with Gasteiger partial charge in [0.25, 0.3) is 0 Å². The minimum Gasteiger partial charge on any atom is -0.508 e. The van der Waals surface area contributed by atoms with E-state index < -0.39 is 5.75 Å². The van der Waals surface area contributed by atoms with Gasteiger partial charge in [0, 0.05) is 4.47 Å². The summed E-state index contributed by atoms with van der Waals surface area (Å²) in [7, 11) is 0. The third-order valence-corrected chi connectivity index (χ3v) is 1.06. The molecule has 0 spiro atoms. The van der Waals surface area contributed by atoms with E-state index in [1.54, 1.807) is 0 Å². The number of phenols is 1. The van der Waals surface area contributed by atoms with E-state index in [0.717, 1.165) is 0 Å². The summed E-state index contributed by atoms with van der Waals surface area (Å²) in [5, 5.41) is 9.02. The number of hydrogen-bond donors (Lipinski definition) is 1. The molecule has 0 amide bonds. The lowest BCUT2D eigenvalue weighted by Crippen LogP contribution is -1.61. The molecule has 42 valence electrons. The molecule has 2 heteroatoms. The van der Waals surface area contributed by atoms with Crippen molar-refractivity contribution in [3.8, 4) is 5.75 Å². The zero-order valence-corrected chi connectivity index (χ0v) is 5.49. The lowest BCUT2D eigenvalue weighted by atomic mass is 10.3. The van der Waals surface area contributed by atoms with E-state index in [1.807, 2.05) is 0 Å². The molecule has 0 saturated heterocycles. The summed E-state index contributed by atoms with van der Waals surface area (Å²) < 4.78 is 21.7. The molecule has 0 unspecified atom stereocenters. The highest BCUT2D eigenvalue weighted by atomic mass is 79.9. The Bertz CT molecular complexity index is 274. The molecule has 1 nitrogen and oxygen atoms in total. The van der Waals surface area contributed by atoms with Gasteiger partial charge in [-0.2, -0.15) is 0 Å². The molecule has 1 rings (SSSR count). The van der Waals surface area contributed by atoms with Crippen molar-refractivity contribution >= 4 is 15.9 Å². The smallest absolute Gasteiger partial charge is 0.116 e. The number of aromatic hydroxyl groups is 1. The molecule has 0 radical (unpaired) electrons. The average Bonchev–Trinajstić information content (AvgIpc) is 1.97. The van der Waals surface area contributed by atoms with Gasteiger partial charge in [0.2, 0.25) is 0 Å². The third-order valence-electron chi connectivity index (χ3n) is 0.636. The Morgan fingerprint density at radius 1 is 1.62 bits per heavy atom. The third kappa shape index (κ3) is 1.23. The minimum absolute atomic E-state index is 0.0396. The molecule has 0 atom stereocenters. The number of hydrogen-bond acceptors (Lipinski definition) is 1. The quantitative estimate of drug-likeness (QED) is 0.642. The Morgan fingerprint density at radius 3 is 3.12 bits per heavy atom. The van der Waals surface area contributed by atoms with Crippen molar-refractivity contribution in [2.45, 2.75) is 0 Å². The molecule has 8 heavy (non-hydrogen) atoms. The zero-order valence-electron chi connectivity index (χ0n) is 6.90. The van der Waals surface area contributed by atoms with Gasteiger partial charge in [-0.05, 0) is 18.1 Å². The molecule has 0 saturated carbocycles. The summed E-state index contributed by atoms with van der Waals surface area (Å²) in [6.07, 6.45) is 0. The summed E-state index contributed by atoms with van der Waals surface area (Å²) in [4.78, 5) is 0. The maximum Gasteiger partial charge on any atom is 0.116 e. The molecule has 0 bridgehead atoms. The predicted octanol–water partition coefficient (Wildman–Crippen LogP) is 2.15. The molecule has 1 aromatic rings. The van der Waals surface area contributed by atoms with E-state index in [4.69, 9.17) is 9.22 Å². The Labute approximate surface area is 60.3 Å². The maximum atomic E-state index is 9.02. The van der Waals surface area contributed by atoms with Crippen LogP contribution in [0.1, 0.15) is 4.11 Å². The predicted molar refractivity (Wildman–Crippen MR) is 35.8 cm³/mol. The van der Waals surface area contributed by atoms with Crippen LogP contribution in [0, 0.1) is 0 Å². The Morgan fingerprint density at radius 2 is 2.38 bits per heavy atom. The second-order valence-corrected chi connectivity index (χ2v) is 2.01. The van der Waals surface area contributed by atoms with Crippen LogP contribution in [0.25, 0.3) is 0 Å². The fourth-order valence-corrected chi connectivity index (χ4v) is 0.646. The molecule has 0 aliphatic rings. The topological polar surface area (TPSA) is 20.2 Å². The van der Waals surface area contributed by atoms with Gasteiger partial charge in [0.05, 0.1) is 4.11 Å². The molecule has 0 heterocycles.